The molecule has 1 unspecified atom stereocenters. The van der Waals surface area contributed by atoms with Gasteiger partial charge in [0.15, 0.2) is 0 Å². The van der Waals surface area contributed by atoms with Gasteiger partial charge in [-0.15, -0.1) is 0 Å². The zero-order chi connectivity index (χ0) is 19.9. The Morgan fingerprint density at radius 3 is 2.50 bits per heavy atom. The highest BCUT2D eigenvalue weighted by molar-refractivity contribution is 6.36. The van der Waals surface area contributed by atoms with Crippen molar-refractivity contribution in [2.45, 2.75) is 13.0 Å². The molecule has 0 bridgehead atoms. The Balaban J connectivity index is 1.46. The summed E-state index contributed by atoms with van der Waals surface area (Å²) in [7, 11) is 0. The lowest BCUT2D eigenvalue weighted by molar-refractivity contribution is -0.121. The summed E-state index contributed by atoms with van der Waals surface area (Å²) in [5, 5.41) is 3.90. The molecule has 0 spiro atoms. The number of rotatable bonds is 6. The minimum atomic E-state index is -0.214. The molecule has 0 radical (unpaired) electrons. The van der Waals surface area contributed by atoms with Gasteiger partial charge in [-0.05, 0) is 30.7 Å². The average molecular weight is 418 g/mol. The second kappa shape index (κ2) is 10.1. The number of anilines is 1. The fourth-order valence-electron chi connectivity index (χ4n) is 3.23. The molecule has 1 fully saturated rings. The van der Waals surface area contributed by atoms with Crippen molar-refractivity contribution in [3.8, 4) is 0 Å². The number of halogens is 2. The van der Waals surface area contributed by atoms with Crippen molar-refractivity contribution < 1.29 is 4.79 Å². The number of nitrogens with one attached hydrogen (secondary N) is 1. The third-order valence-corrected chi connectivity index (χ3v) is 5.54. The van der Waals surface area contributed by atoms with Gasteiger partial charge >= 0.3 is 0 Å². The molecule has 2 aromatic rings. The van der Waals surface area contributed by atoms with Crippen LogP contribution in [-0.4, -0.2) is 54.5 Å². The van der Waals surface area contributed by atoms with E-state index < -0.39 is 0 Å². The second-order valence-corrected chi connectivity index (χ2v) is 7.78. The first kappa shape index (κ1) is 20.9. The summed E-state index contributed by atoms with van der Waals surface area (Å²) >= 11 is 12.1. The largest absolute Gasteiger partial charge is 0.323 e. The SMILES string of the molecule is CC(C(=O)Nc1ccc(Cl)cc1Cl)N1CCN(C/C=C/c2ccccc2)CC1. The molecule has 2 aromatic carbocycles. The number of piperazine rings is 1. The number of carbonyl (C=O) groups is 1. The van der Waals surface area contributed by atoms with E-state index in [1.54, 1.807) is 18.2 Å². The molecule has 3 rings (SSSR count). The van der Waals surface area contributed by atoms with Crippen LogP contribution in [0.15, 0.2) is 54.6 Å². The molecule has 148 valence electrons. The predicted octanol–water partition coefficient (Wildman–Crippen LogP) is 4.65. The van der Waals surface area contributed by atoms with E-state index in [9.17, 15) is 4.79 Å². The Kier molecular flexibility index (Phi) is 7.51. The summed E-state index contributed by atoms with van der Waals surface area (Å²) < 4.78 is 0. The third kappa shape index (κ3) is 5.82. The molecular weight excluding hydrogens is 393 g/mol. The van der Waals surface area contributed by atoms with E-state index in [1.165, 1.54) is 5.56 Å². The zero-order valence-corrected chi connectivity index (χ0v) is 17.5. The zero-order valence-electron chi connectivity index (χ0n) is 15.9. The van der Waals surface area contributed by atoms with Crippen LogP contribution in [0.2, 0.25) is 10.0 Å². The van der Waals surface area contributed by atoms with Crippen LogP contribution in [0.1, 0.15) is 12.5 Å². The van der Waals surface area contributed by atoms with Crippen molar-refractivity contribution in [3.63, 3.8) is 0 Å². The maximum absolute atomic E-state index is 12.6. The summed E-state index contributed by atoms with van der Waals surface area (Å²) in [6, 6.07) is 15.2. The Morgan fingerprint density at radius 1 is 1.11 bits per heavy atom. The number of hydrogen-bond donors (Lipinski definition) is 1. The molecule has 6 heteroatoms. The Bertz CT molecular complexity index is 818. The van der Waals surface area contributed by atoms with Crippen LogP contribution in [0, 0.1) is 0 Å². The van der Waals surface area contributed by atoms with Crippen LogP contribution in [0.4, 0.5) is 5.69 Å². The van der Waals surface area contributed by atoms with Crippen molar-refractivity contribution in [1.29, 1.82) is 0 Å². The van der Waals surface area contributed by atoms with Crippen molar-refractivity contribution in [2.24, 2.45) is 0 Å². The van der Waals surface area contributed by atoms with Crippen LogP contribution < -0.4 is 5.32 Å². The summed E-state index contributed by atoms with van der Waals surface area (Å²) in [4.78, 5) is 17.2. The van der Waals surface area contributed by atoms with E-state index in [-0.39, 0.29) is 11.9 Å². The molecular formula is C22H25Cl2N3O. The number of hydrogen-bond acceptors (Lipinski definition) is 3. The summed E-state index contributed by atoms with van der Waals surface area (Å²) in [5.41, 5.74) is 1.81. The molecule has 1 atom stereocenters. The lowest BCUT2D eigenvalue weighted by Crippen LogP contribution is -2.52. The van der Waals surface area contributed by atoms with Gasteiger partial charge in [-0.2, -0.15) is 0 Å². The van der Waals surface area contributed by atoms with Gasteiger partial charge in [-0.1, -0.05) is 65.7 Å². The quantitative estimate of drug-likeness (QED) is 0.742. The lowest BCUT2D eigenvalue weighted by Gasteiger charge is -2.37. The summed E-state index contributed by atoms with van der Waals surface area (Å²) in [6.45, 7) is 6.47. The average Bonchev–Trinajstić information content (AvgIpc) is 2.71. The van der Waals surface area contributed by atoms with E-state index in [4.69, 9.17) is 23.2 Å². The van der Waals surface area contributed by atoms with E-state index >= 15 is 0 Å². The van der Waals surface area contributed by atoms with Crippen molar-refractivity contribution in [3.05, 3.63) is 70.2 Å². The molecule has 28 heavy (non-hydrogen) atoms. The van der Waals surface area contributed by atoms with E-state index in [1.807, 2.05) is 25.1 Å². The first-order valence-electron chi connectivity index (χ1n) is 9.47. The monoisotopic (exact) mass is 417 g/mol. The highest BCUT2D eigenvalue weighted by Gasteiger charge is 2.25. The molecule has 0 saturated carbocycles. The molecule has 1 N–H and O–H groups in total. The minimum Gasteiger partial charge on any atom is -0.323 e. The fourth-order valence-corrected chi connectivity index (χ4v) is 3.68. The van der Waals surface area contributed by atoms with Gasteiger partial charge in [-0.3, -0.25) is 14.6 Å². The minimum absolute atomic E-state index is 0.0540. The number of carbonyl (C=O) groups excluding carboxylic acids is 1. The van der Waals surface area contributed by atoms with Crippen LogP contribution in [-0.2, 0) is 4.79 Å². The Hall–Kier alpha value is -1.85. The topological polar surface area (TPSA) is 35.6 Å². The van der Waals surface area contributed by atoms with Gasteiger partial charge in [0.2, 0.25) is 5.91 Å². The van der Waals surface area contributed by atoms with Gasteiger partial charge in [0.05, 0.1) is 16.8 Å². The maximum atomic E-state index is 12.6. The molecule has 1 aliphatic heterocycles. The highest BCUT2D eigenvalue weighted by Crippen LogP contribution is 2.25. The van der Waals surface area contributed by atoms with Gasteiger partial charge < -0.3 is 5.32 Å². The number of benzene rings is 2. The van der Waals surface area contributed by atoms with E-state index in [0.29, 0.717) is 15.7 Å². The first-order valence-corrected chi connectivity index (χ1v) is 10.2. The predicted molar refractivity (Wildman–Crippen MR) is 118 cm³/mol. The maximum Gasteiger partial charge on any atom is 0.241 e. The fraction of sp³-hybridized carbons (Fsp3) is 0.318. The van der Waals surface area contributed by atoms with Crippen molar-refractivity contribution in [1.82, 2.24) is 9.80 Å². The molecule has 0 aliphatic carbocycles. The first-order chi connectivity index (χ1) is 13.5. The van der Waals surface area contributed by atoms with Gasteiger partial charge in [0.1, 0.15) is 0 Å². The highest BCUT2D eigenvalue weighted by atomic mass is 35.5. The molecule has 1 aliphatic rings. The normalized spacial score (nSPS) is 17.0. The van der Waals surface area contributed by atoms with Crippen molar-refractivity contribution in [2.75, 3.05) is 38.0 Å². The molecule has 0 aromatic heterocycles. The smallest absolute Gasteiger partial charge is 0.241 e. The lowest BCUT2D eigenvalue weighted by atomic mass is 10.2. The van der Waals surface area contributed by atoms with Gasteiger partial charge in [-0.25, -0.2) is 0 Å². The second-order valence-electron chi connectivity index (χ2n) is 6.94. The van der Waals surface area contributed by atoms with Crippen LogP contribution in [0.5, 0.6) is 0 Å². The molecule has 4 nitrogen and oxygen atoms in total. The number of nitrogens with zero attached hydrogens (tertiary/aromatic N) is 2. The Labute approximate surface area is 176 Å². The van der Waals surface area contributed by atoms with Gasteiger partial charge in [0, 0.05) is 37.7 Å². The molecule has 1 heterocycles. The van der Waals surface area contributed by atoms with E-state index in [0.717, 1.165) is 32.7 Å². The third-order valence-electron chi connectivity index (χ3n) is 5.00. The van der Waals surface area contributed by atoms with Crippen LogP contribution in [0.3, 0.4) is 0 Å². The van der Waals surface area contributed by atoms with Crippen LogP contribution in [0.25, 0.3) is 6.08 Å². The van der Waals surface area contributed by atoms with Gasteiger partial charge in [0.25, 0.3) is 0 Å². The van der Waals surface area contributed by atoms with Crippen molar-refractivity contribution >= 4 is 40.9 Å². The Morgan fingerprint density at radius 2 is 1.82 bits per heavy atom. The van der Waals surface area contributed by atoms with Crippen LogP contribution >= 0.6 is 23.2 Å². The summed E-state index contributed by atoms with van der Waals surface area (Å²) in [6.07, 6.45) is 4.35. The standard InChI is InChI=1S/C22H25Cl2N3O/c1-17(22(28)25-21-10-9-19(23)16-20(21)24)27-14-12-26(13-15-27)11-5-8-18-6-3-2-4-7-18/h2-10,16-17H,11-15H2,1H3,(H,25,28)/b8-5+. The molecule has 1 saturated heterocycles. The number of amides is 1. The summed E-state index contributed by atoms with van der Waals surface area (Å²) in [5.74, 6) is -0.0540. The van der Waals surface area contributed by atoms with E-state index in [2.05, 4.69) is 39.4 Å². The molecule has 1 amide bonds.